The van der Waals surface area contributed by atoms with E-state index in [1.165, 1.54) is 18.4 Å². The summed E-state index contributed by atoms with van der Waals surface area (Å²) in [6.07, 6.45) is 3.49. The number of rotatable bonds is 5. The average molecular weight is 303 g/mol. The van der Waals surface area contributed by atoms with E-state index in [4.69, 9.17) is 10.5 Å². The first-order chi connectivity index (χ1) is 10.6. The summed E-state index contributed by atoms with van der Waals surface area (Å²) in [7, 11) is 1.68. The topological polar surface area (TPSA) is 67.6 Å². The maximum atomic E-state index is 12.0. The highest BCUT2D eigenvalue weighted by molar-refractivity contribution is 5.81. The number of ether oxygens (including phenoxy) is 1. The molecule has 1 amide bonds. The lowest BCUT2D eigenvalue weighted by Gasteiger charge is -2.29. The van der Waals surface area contributed by atoms with Crippen LogP contribution in [0.3, 0.4) is 0 Å². The zero-order valence-corrected chi connectivity index (χ0v) is 13.3. The monoisotopic (exact) mass is 303 g/mol. The van der Waals surface area contributed by atoms with Gasteiger partial charge in [-0.2, -0.15) is 0 Å². The number of likely N-dealkylation sites (tertiary alicyclic amines) is 1. The minimum Gasteiger partial charge on any atom is -0.497 e. The zero-order valence-electron chi connectivity index (χ0n) is 13.3. The van der Waals surface area contributed by atoms with Crippen LogP contribution in [0.25, 0.3) is 0 Å². The Morgan fingerprint density at radius 3 is 2.82 bits per heavy atom. The van der Waals surface area contributed by atoms with Crippen LogP contribution in [0.4, 0.5) is 0 Å². The van der Waals surface area contributed by atoms with E-state index in [1.54, 1.807) is 14.0 Å². The summed E-state index contributed by atoms with van der Waals surface area (Å²) in [6, 6.07) is 8.69. The Labute approximate surface area is 131 Å². The van der Waals surface area contributed by atoms with Crippen LogP contribution in [0, 0.1) is 0 Å². The number of hydrogen-bond acceptors (Lipinski definition) is 4. The highest BCUT2D eigenvalue weighted by Crippen LogP contribution is 2.41. The van der Waals surface area contributed by atoms with Gasteiger partial charge >= 0.3 is 0 Å². The van der Waals surface area contributed by atoms with Gasteiger partial charge in [-0.05, 0) is 43.9 Å². The fourth-order valence-electron chi connectivity index (χ4n) is 3.35. The highest BCUT2D eigenvalue weighted by Gasteiger charge is 2.43. The molecule has 0 bridgehead atoms. The predicted octanol–water partition coefficient (Wildman–Crippen LogP) is 1.44. The Morgan fingerprint density at radius 2 is 2.18 bits per heavy atom. The fraction of sp³-hybridized carbons (Fsp3) is 0.588. The van der Waals surface area contributed by atoms with Crippen molar-refractivity contribution in [2.24, 2.45) is 5.73 Å². The number of hydrogen-bond donors (Lipinski definition) is 2. The summed E-state index contributed by atoms with van der Waals surface area (Å²) in [5.74, 6) is 0.785. The lowest BCUT2D eigenvalue weighted by Crippen LogP contribution is -2.46. The maximum absolute atomic E-state index is 12.0. The van der Waals surface area contributed by atoms with Crippen molar-refractivity contribution >= 4 is 5.91 Å². The molecule has 1 aliphatic heterocycles. The number of nitrogens with two attached hydrogens (primary N) is 1. The molecule has 1 aromatic carbocycles. The Bertz CT molecular complexity index is 542. The first-order valence-corrected chi connectivity index (χ1v) is 8.06. The number of nitrogens with zero attached hydrogens (tertiary/aromatic N) is 1. The van der Waals surface area contributed by atoms with Crippen molar-refractivity contribution in [1.29, 1.82) is 0 Å². The van der Waals surface area contributed by atoms with Gasteiger partial charge in [0.1, 0.15) is 5.75 Å². The molecular formula is C17H25N3O2. The first kappa shape index (κ1) is 15.3. The van der Waals surface area contributed by atoms with Crippen molar-refractivity contribution in [3.8, 4) is 5.75 Å². The highest BCUT2D eigenvalue weighted by atomic mass is 16.5. The van der Waals surface area contributed by atoms with Gasteiger partial charge < -0.3 is 15.8 Å². The molecule has 5 nitrogen and oxygen atoms in total. The Morgan fingerprint density at radius 1 is 1.41 bits per heavy atom. The second kappa shape index (κ2) is 6.26. The van der Waals surface area contributed by atoms with Crippen LogP contribution in [0.15, 0.2) is 24.3 Å². The van der Waals surface area contributed by atoms with Crippen molar-refractivity contribution in [3.05, 3.63) is 29.8 Å². The largest absolute Gasteiger partial charge is 0.497 e. The second-order valence-electron chi connectivity index (χ2n) is 6.38. The lowest BCUT2D eigenvalue weighted by atomic mass is 9.99. The third-order valence-electron chi connectivity index (χ3n) is 4.63. The molecule has 1 saturated heterocycles. The van der Waals surface area contributed by atoms with E-state index in [0.717, 1.165) is 18.7 Å². The van der Waals surface area contributed by atoms with Crippen molar-refractivity contribution in [2.75, 3.05) is 13.7 Å². The summed E-state index contributed by atoms with van der Waals surface area (Å²) in [5.41, 5.74) is 6.91. The summed E-state index contributed by atoms with van der Waals surface area (Å²) in [6.45, 7) is 2.75. The minimum atomic E-state index is -0.471. The Hall–Kier alpha value is -1.59. The molecular weight excluding hydrogens is 278 g/mol. The van der Waals surface area contributed by atoms with Crippen LogP contribution >= 0.6 is 0 Å². The van der Waals surface area contributed by atoms with E-state index >= 15 is 0 Å². The number of methoxy groups -OCH3 is 1. The number of carbonyl (C=O) groups is 1. The molecule has 3 rings (SSSR count). The number of carbonyl (C=O) groups excluding carboxylic acids is 1. The smallest absolute Gasteiger partial charge is 0.236 e. The third-order valence-corrected chi connectivity index (χ3v) is 4.63. The number of amides is 1. The summed E-state index contributed by atoms with van der Waals surface area (Å²) >= 11 is 0. The van der Waals surface area contributed by atoms with E-state index in [2.05, 4.69) is 22.3 Å². The van der Waals surface area contributed by atoms with Gasteiger partial charge in [-0.3, -0.25) is 9.69 Å². The normalized spacial score (nSPS) is 26.7. The third kappa shape index (κ3) is 3.10. The van der Waals surface area contributed by atoms with E-state index in [1.807, 2.05) is 12.1 Å². The Balaban J connectivity index is 1.84. The summed E-state index contributed by atoms with van der Waals surface area (Å²) in [4.78, 5) is 14.5. The van der Waals surface area contributed by atoms with Crippen molar-refractivity contribution in [3.63, 3.8) is 0 Å². The molecule has 1 heterocycles. The minimum absolute atomic E-state index is 0.0736. The predicted molar refractivity (Wildman–Crippen MR) is 85.7 cm³/mol. The molecule has 3 N–H and O–H groups in total. The molecule has 3 atom stereocenters. The van der Waals surface area contributed by atoms with Crippen LogP contribution in [0.2, 0.25) is 0 Å². The molecule has 0 aromatic heterocycles. The van der Waals surface area contributed by atoms with E-state index in [9.17, 15) is 4.79 Å². The van der Waals surface area contributed by atoms with Crippen LogP contribution in [-0.4, -0.2) is 42.6 Å². The van der Waals surface area contributed by atoms with Gasteiger partial charge in [-0.25, -0.2) is 0 Å². The van der Waals surface area contributed by atoms with Gasteiger partial charge in [0, 0.05) is 18.6 Å². The van der Waals surface area contributed by atoms with Gasteiger partial charge in [-0.15, -0.1) is 0 Å². The molecule has 1 aromatic rings. The van der Waals surface area contributed by atoms with Gasteiger partial charge in [-0.1, -0.05) is 12.1 Å². The molecule has 5 heteroatoms. The van der Waals surface area contributed by atoms with Crippen molar-refractivity contribution in [2.45, 2.75) is 50.4 Å². The Kier molecular flexibility index (Phi) is 4.36. The lowest BCUT2D eigenvalue weighted by molar-refractivity contribution is -0.122. The van der Waals surface area contributed by atoms with Crippen LogP contribution in [0.5, 0.6) is 5.75 Å². The van der Waals surface area contributed by atoms with Gasteiger partial charge in [0.05, 0.1) is 19.2 Å². The average Bonchev–Trinajstić information content (AvgIpc) is 3.28. The molecule has 1 aliphatic carbocycles. The number of nitrogens with one attached hydrogen (secondary N) is 1. The molecule has 2 fully saturated rings. The molecule has 1 saturated carbocycles. The molecule has 22 heavy (non-hydrogen) atoms. The number of benzene rings is 1. The van der Waals surface area contributed by atoms with Gasteiger partial charge in [0.25, 0.3) is 0 Å². The molecule has 120 valence electrons. The van der Waals surface area contributed by atoms with Crippen LogP contribution in [-0.2, 0) is 4.79 Å². The maximum Gasteiger partial charge on any atom is 0.236 e. The zero-order chi connectivity index (χ0) is 15.7. The van der Waals surface area contributed by atoms with Crippen molar-refractivity contribution in [1.82, 2.24) is 10.2 Å². The van der Waals surface area contributed by atoms with Gasteiger partial charge in [0.15, 0.2) is 0 Å². The van der Waals surface area contributed by atoms with Crippen molar-refractivity contribution < 1.29 is 9.53 Å². The van der Waals surface area contributed by atoms with Crippen LogP contribution < -0.4 is 15.8 Å². The van der Waals surface area contributed by atoms with E-state index in [-0.39, 0.29) is 18.0 Å². The fourth-order valence-corrected chi connectivity index (χ4v) is 3.35. The second-order valence-corrected chi connectivity index (χ2v) is 6.38. The quantitative estimate of drug-likeness (QED) is 0.863. The van der Waals surface area contributed by atoms with E-state index in [0.29, 0.717) is 6.04 Å². The summed E-state index contributed by atoms with van der Waals surface area (Å²) < 4.78 is 5.35. The van der Waals surface area contributed by atoms with Crippen LogP contribution in [0.1, 0.15) is 37.8 Å². The molecule has 0 radical (unpaired) electrons. The molecule has 2 aliphatic rings. The molecule has 2 unspecified atom stereocenters. The summed E-state index contributed by atoms with van der Waals surface area (Å²) in [5, 5.41) is 3.13. The van der Waals surface area contributed by atoms with Gasteiger partial charge in [0.2, 0.25) is 5.91 Å². The van der Waals surface area contributed by atoms with E-state index < -0.39 is 6.04 Å². The first-order valence-electron chi connectivity index (χ1n) is 8.06. The standard InChI is InChI=1S/C17H25N3O2/c1-11(18)17(21)19-15-8-9-20(13-6-7-13)16(15)12-4-3-5-14(10-12)22-2/h3-5,10-11,13,15-16H,6-9,18H2,1-2H3,(H,19,21)/t11-,15?,16?/m1/s1. The molecule has 0 spiro atoms. The SMILES string of the molecule is COc1cccc(C2C(NC(=O)[C@@H](C)N)CCN2C2CC2)c1.